The van der Waals surface area contributed by atoms with Gasteiger partial charge in [-0.25, -0.2) is 8.42 Å². The van der Waals surface area contributed by atoms with Gasteiger partial charge in [-0.2, -0.15) is 4.58 Å². The molecule has 0 aliphatic carbocycles. The maximum Gasteiger partial charge on any atom is 0.364 e. The Hall–Kier alpha value is -2.55. The van der Waals surface area contributed by atoms with E-state index in [1.165, 1.54) is 17.7 Å². The van der Waals surface area contributed by atoms with Crippen LogP contribution in [0.2, 0.25) is 0 Å². The summed E-state index contributed by atoms with van der Waals surface area (Å²) in [6, 6.07) is 13.5. The van der Waals surface area contributed by atoms with Gasteiger partial charge in [0.1, 0.15) is 22.6 Å². The monoisotopic (exact) mass is 400 g/mol. The first-order chi connectivity index (χ1) is 12.9. The van der Waals surface area contributed by atoms with Crippen LogP contribution in [0.25, 0.3) is 0 Å². The van der Waals surface area contributed by atoms with Crippen molar-refractivity contribution in [3.05, 3.63) is 77.6 Å². The van der Waals surface area contributed by atoms with Crippen LogP contribution in [-0.4, -0.2) is 35.2 Å². The van der Waals surface area contributed by atoms with E-state index < -0.39 is 10.1 Å². The zero-order chi connectivity index (χ0) is 19.4. The van der Waals surface area contributed by atoms with Crippen molar-refractivity contribution in [2.45, 2.75) is 17.1 Å². The summed E-state index contributed by atoms with van der Waals surface area (Å²) < 4.78 is 33.2. The van der Waals surface area contributed by atoms with Gasteiger partial charge < -0.3 is 4.55 Å². The molecule has 27 heavy (non-hydrogen) atoms. The van der Waals surface area contributed by atoms with Crippen LogP contribution in [0.4, 0.5) is 0 Å². The molecule has 2 aliphatic heterocycles. The number of aldehydes is 1. The molecule has 0 N–H and O–H groups in total. The van der Waals surface area contributed by atoms with Crippen LogP contribution in [0.15, 0.2) is 70.8 Å². The highest BCUT2D eigenvalue weighted by Crippen LogP contribution is 2.34. The van der Waals surface area contributed by atoms with Crippen LogP contribution in [0.1, 0.15) is 26.7 Å². The standard InChI is InChI=1S/C12H9N2OS.C7H8O3S/c15-8-9-1-3-10(4-2-9)11-7-14-6-5-13-12(14)16-11;1-6-2-4-7(5-3-6)11(8,9)10/h1-8,11H;2-5H,1H3,(H,8,9,10)/q+1;/p-1. The molecule has 2 aromatic carbocycles. The van der Waals surface area contributed by atoms with Crippen LogP contribution < -0.4 is 0 Å². The molecule has 0 fully saturated rings. The number of carbonyl (C=O) groups is 1. The molecule has 4 rings (SSSR count). The number of carbonyl (C=O) groups excluding carboxylic acids is 1. The largest absolute Gasteiger partial charge is 0.744 e. The Kier molecular flexibility index (Phi) is 5.69. The normalized spacial score (nSPS) is 17.5. The van der Waals surface area contributed by atoms with Crippen molar-refractivity contribution in [1.29, 1.82) is 0 Å². The molecule has 2 aromatic rings. The van der Waals surface area contributed by atoms with Crippen LogP contribution in [-0.2, 0) is 10.1 Å². The molecule has 8 heteroatoms. The zero-order valence-corrected chi connectivity index (χ0v) is 16.0. The summed E-state index contributed by atoms with van der Waals surface area (Å²) in [7, 11) is -4.27. The lowest BCUT2D eigenvalue weighted by molar-refractivity contribution is -0.306. The topological polar surface area (TPSA) is 89.6 Å². The van der Waals surface area contributed by atoms with E-state index in [-0.39, 0.29) is 4.90 Å². The van der Waals surface area contributed by atoms with E-state index in [0.717, 1.165) is 17.0 Å². The highest BCUT2D eigenvalue weighted by molar-refractivity contribution is 8.14. The number of benzene rings is 2. The van der Waals surface area contributed by atoms with Crippen molar-refractivity contribution in [3.63, 3.8) is 0 Å². The summed E-state index contributed by atoms with van der Waals surface area (Å²) in [6.07, 6.45) is 6.73. The SMILES string of the molecule is Cc1ccc(S(=O)(=O)[O-])cc1.O=Cc1ccc(C2C=[N+]3C=CN=C3S2)cc1. The zero-order valence-electron chi connectivity index (χ0n) is 14.3. The first kappa shape index (κ1) is 19.2. The Morgan fingerprint density at radius 2 is 1.78 bits per heavy atom. The molecule has 1 atom stereocenters. The maximum absolute atomic E-state index is 10.5. The van der Waals surface area contributed by atoms with E-state index >= 15 is 0 Å². The van der Waals surface area contributed by atoms with Crippen LogP contribution in [0.5, 0.6) is 0 Å². The number of fused-ring (bicyclic) bond motifs is 1. The molecular formula is C19H16N2O4S2. The smallest absolute Gasteiger partial charge is 0.364 e. The number of amidine groups is 1. The minimum absolute atomic E-state index is 0.178. The third kappa shape index (κ3) is 4.79. The van der Waals surface area contributed by atoms with Crippen LogP contribution in [0, 0.1) is 6.92 Å². The molecule has 6 nitrogen and oxygen atoms in total. The molecule has 0 radical (unpaired) electrons. The predicted molar refractivity (Wildman–Crippen MR) is 104 cm³/mol. The Morgan fingerprint density at radius 1 is 1.11 bits per heavy atom. The van der Waals surface area contributed by atoms with Crippen molar-refractivity contribution >= 4 is 39.5 Å². The number of hydrogen-bond acceptors (Lipinski definition) is 6. The fourth-order valence-corrected chi connectivity index (χ4v) is 3.96. The van der Waals surface area contributed by atoms with Gasteiger partial charge in [0, 0.05) is 5.56 Å². The number of rotatable bonds is 3. The van der Waals surface area contributed by atoms with Gasteiger partial charge >= 0.3 is 5.17 Å². The Balaban J connectivity index is 0.000000168. The second-order valence-electron chi connectivity index (χ2n) is 5.86. The van der Waals surface area contributed by atoms with Gasteiger partial charge in [0.2, 0.25) is 0 Å². The van der Waals surface area contributed by atoms with Crippen molar-refractivity contribution in [2.24, 2.45) is 4.99 Å². The first-order valence-electron chi connectivity index (χ1n) is 7.99. The molecule has 0 bridgehead atoms. The molecule has 0 aromatic heterocycles. The minimum atomic E-state index is -4.27. The lowest BCUT2D eigenvalue weighted by Gasteiger charge is -2.05. The van der Waals surface area contributed by atoms with Crippen molar-refractivity contribution in [1.82, 2.24) is 0 Å². The van der Waals surface area contributed by atoms with Gasteiger partial charge in [0.15, 0.2) is 6.20 Å². The fourth-order valence-electron chi connectivity index (χ4n) is 2.42. The Bertz CT molecular complexity index is 1040. The number of hydrogen-bond donors (Lipinski definition) is 0. The highest BCUT2D eigenvalue weighted by atomic mass is 32.2. The highest BCUT2D eigenvalue weighted by Gasteiger charge is 2.32. The van der Waals surface area contributed by atoms with Gasteiger partial charge in [0.25, 0.3) is 0 Å². The maximum atomic E-state index is 10.5. The molecule has 2 aliphatic rings. The van der Waals surface area contributed by atoms with Gasteiger partial charge in [0.05, 0.1) is 16.4 Å². The van der Waals surface area contributed by atoms with Gasteiger partial charge in [-0.1, -0.05) is 42.0 Å². The summed E-state index contributed by atoms with van der Waals surface area (Å²) in [4.78, 5) is 14.6. The van der Waals surface area contributed by atoms with E-state index in [1.807, 2.05) is 42.0 Å². The second-order valence-corrected chi connectivity index (χ2v) is 8.34. The van der Waals surface area contributed by atoms with Crippen LogP contribution >= 0.6 is 11.8 Å². The molecule has 0 saturated carbocycles. The molecule has 1 unspecified atom stereocenters. The van der Waals surface area contributed by atoms with Gasteiger partial charge in [-0.3, -0.25) is 4.79 Å². The minimum Gasteiger partial charge on any atom is -0.744 e. The van der Waals surface area contributed by atoms with Crippen molar-refractivity contribution in [3.8, 4) is 0 Å². The summed E-state index contributed by atoms with van der Waals surface area (Å²) in [5.41, 5.74) is 2.84. The summed E-state index contributed by atoms with van der Waals surface area (Å²) in [5, 5.41) is 1.31. The average molecular weight is 400 g/mol. The first-order valence-corrected chi connectivity index (χ1v) is 10.3. The number of thioether (sulfide) groups is 1. The summed E-state index contributed by atoms with van der Waals surface area (Å²) in [6.45, 7) is 1.82. The third-order valence-corrected chi connectivity index (χ3v) is 5.90. The quantitative estimate of drug-likeness (QED) is 0.449. The lowest BCUT2D eigenvalue weighted by atomic mass is 10.1. The molecule has 0 saturated heterocycles. The second kappa shape index (κ2) is 7.99. The summed E-state index contributed by atoms with van der Waals surface area (Å²) in [5.74, 6) is 0. The van der Waals surface area contributed by atoms with E-state index in [4.69, 9.17) is 0 Å². The number of aryl methyl sites for hydroxylation is 1. The van der Waals surface area contributed by atoms with E-state index in [1.54, 1.807) is 30.1 Å². The molecule has 2 heterocycles. The Labute approximate surface area is 161 Å². The molecule has 0 spiro atoms. The van der Waals surface area contributed by atoms with Gasteiger partial charge in [-0.15, -0.1) is 0 Å². The lowest BCUT2D eigenvalue weighted by Crippen LogP contribution is -2.00. The molecule has 138 valence electrons. The molecule has 0 amide bonds. The van der Waals surface area contributed by atoms with Crippen LogP contribution in [0.3, 0.4) is 0 Å². The summed E-state index contributed by atoms with van der Waals surface area (Å²) >= 11 is 1.72. The fraction of sp³-hybridized carbons (Fsp3) is 0.105. The molecular weight excluding hydrogens is 384 g/mol. The van der Waals surface area contributed by atoms with Crippen molar-refractivity contribution in [2.75, 3.05) is 0 Å². The van der Waals surface area contributed by atoms with Crippen molar-refractivity contribution < 1.29 is 22.3 Å². The number of aliphatic imine (C=N–C) groups is 1. The van der Waals surface area contributed by atoms with E-state index in [0.29, 0.717) is 10.8 Å². The van der Waals surface area contributed by atoms with E-state index in [9.17, 15) is 17.8 Å². The average Bonchev–Trinajstić information content (AvgIpc) is 3.24. The van der Waals surface area contributed by atoms with Gasteiger partial charge in [-0.05, 0) is 41.4 Å². The van der Waals surface area contributed by atoms with E-state index in [2.05, 4.69) is 11.2 Å². The third-order valence-electron chi connectivity index (χ3n) is 3.87. The Morgan fingerprint density at radius 3 is 2.33 bits per heavy atom. The number of nitrogens with zero attached hydrogens (tertiary/aromatic N) is 2. The predicted octanol–water partition coefficient (Wildman–Crippen LogP) is 3.11.